The quantitative estimate of drug-likeness (QED) is 0.594. The average molecular weight is 416 g/mol. The van der Waals surface area contributed by atoms with Gasteiger partial charge in [0.1, 0.15) is 10.5 Å². The predicted octanol–water partition coefficient (Wildman–Crippen LogP) is 4.56. The smallest absolute Gasteiger partial charge is 0.407 e. The molecule has 1 amide bonds. The van der Waals surface area contributed by atoms with E-state index in [0.717, 1.165) is 21.0 Å². The van der Waals surface area contributed by atoms with Crippen LogP contribution in [0.15, 0.2) is 30.5 Å². The van der Waals surface area contributed by atoms with E-state index in [2.05, 4.69) is 15.6 Å². The Morgan fingerprint density at radius 1 is 1.24 bits per heavy atom. The lowest BCUT2D eigenvalue weighted by Crippen LogP contribution is -2.40. The third-order valence-electron chi connectivity index (χ3n) is 4.15. The van der Waals surface area contributed by atoms with E-state index in [4.69, 9.17) is 9.47 Å². The number of rotatable bonds is 5. The summed E-state index contributed by atoms with van der Waals surface area (Å²) in [5.74, 6) is -0.404. The van der Waals surface area contributed by atoms with Gasteiger partial charge in [0, 0.05) is 34.3 Å². The number of amides is 1. The molecule has 0 aliphatic rings. The molecule has 29 heavy (non-hydrogen) atoms. The molecule has 2 heterocycles. The first-order valence-electron chi connectivity index (χ1n) is 9.31. The minimum atomic E-state index is -0.565. The summed E-state index contributed by atoms with van der Waals surface area (Å²) in [6.45, 7) is 7.72. The van der Waals surface area contributed by atoms with Crippen LogP contribution in [0, 0.1) is 0 Å². The van der Waals surface area contributed by atoms with Crippen molar-refractivity contribution in [3.63, 3.8) is 0 Å². The molecule has 1 unspecified atom stereocenters. The molecule has 1 aromatic carbocycles. The van der Waals surface area contributed by atoms with E-state index < -0.39 is 17.7 Å². The van der Waals surface area contributed by atoms with Crippen molar-refractivity contribution in [1.82, 2.24) is 10.3 Å². The van der Waals surface area contributed by atoms with E-state index in [1.165, 1.54) is 18.4 Å². The van der Waals surface area contributed by atoms with Crippen molar-refractivity contribution >= 4 is 50.1 Å². The highest BCUT2D eigenvalue weighted by molar-refractivity contribution is 7.21. The van der Waals surface area contributed by atoms with E-state index in [1.54, 1.807) is 6.20 Å². The summed E-state index contributed by atoms with van der Waals surface area (Å²) in [7, 11) is 1.36. The minimum absolute atomic E-state index is 0.224. The molecule has 3 rings (SSSR count). The van der Waals surface area contributed by atoms with Gasteiger partial charge in [0.2, 0.25) is 0 Å². The Kier molecular flexibility index (Phi) is 5.93. The second-order valence-corrected chi connectivity index (χ2v) is 8.79. The summed E-state index contributed by atoms with van der Waals surface area (Å²) < 4.78 is 11.2. The highest BCUT2D eigenvalue weighted by atomic mass is 32.1. The van der Waals surface area contributed by atoms with Crippen molar-refractivity contribution < 1.29 is 19.1 Å². The van der Waals surface area contributed by atoms with Gasteiger partial charge in [-0.25, -0.2) is 9.59 Å². The molecule has 0 saturated heterocycles. The molecule has 1 atom stereocenters. The molecule has 154 valence electrons. The molecule has 8 heteroatoms. The molecule has 0 aliphatic carbocycles. The average Bonchev–Trinajstić information content (AvgIpc) is 3.03. The Morgan fingerprint density at radius 2 is 2.00 bits per heavy atom. The zero-order valence-corrected chi connectivity index (χ0v) is 18.0. The van der Waals surface area contributed by atoms with E-state index >= 15 is 0 Å². The van der Waals surface area contributed by atoms with Gasteiger partial charge in [0.15, 0.2) is 0 Å². The van der Waals surface area contributed by atoms with Gasteiger partial charge in [0.25, 0.3) is 0 Å². The van der Waals surface area contributed by atoms with Crippen LogP contribution in [0.3, 0.4) is 0 Å². The Balaban J connectivity index is 1.90. The summed E-state index contributed by atoms with van der Waals surface area (Å²) in [6.07, 6.45) is 1.26. The second kappa shape index (κ2) is 8.24. The largest absolute Gasteiger partial charge is 0.465 e. The van der Waals surface area contributed by atoms with Gasteiger partial charge in [-0.3, -0.25) is 4.98 Å². The van der Waals surface area contributed by atoms with Crippen LogP contribution < -0.4 is 10.6 Å². The topological polar surface area (TPSA) is 89.5 Å². The first kappa shape index (κ1) is 20.9. The van der Waals surface area contributed by atoms with Crippen molar-refractivity contribution in [2.75, 3.05) is 19.0 Å². The second-order valence-electron chi connectivity index (χ2n) is 7.73. The number of carbonyl (C=O) groups is 2. The Morgan fingerprint density at radius 3 is 2.69 bits per heavy atom. The number of hydrogen-bond donors (Lipinski definition) is 2. The highest BCUT2D eigenvalue weighted by Crippen LogP contribution is 2.40. The number of methoxy groups -OCH3 is 1. The minimum Gasteiger partial charge on any atom is -0.465 e. The molecule has 3 aromatic rings. The van der Waals surface area contributed by atoms with E-state index in [-0.39, 0.29) is 6.04 Å². The lowest BCUT2D eigenvalue weighted by atomic mass is 10.1. The van der Waals surface area contributed by atoms with Gasteiger partial charge in [-0.05, 0) is 45.9 Å². The molecule has 0 saturated carbocycles. The van der Waals surface area contributed by atoms with Crippen LogP contribution in [0.25, 0.3) is 21.0 Å². The molecule has 7 nitrogen and oxygen atoms in total. The van der Waals surface area contributed by atoms with Gasteiger partial charge in [0.05, 0.1) is 18.3 Å². The third kappa shape index (κ3) is 4.76. The Hall–Kier alpha value is -2.87. The number of carbonyl (C=O) groups excluding carboxylic acids is 2. The fourth-order valence-corrected chi connectivity index (χ4v) is 4.08. The van der Waals surface area contributed by atoms with Crippen LogP contribution in [-0.2, 0) is 9.47 Å². The molecule has 0 bridgehead atoms. The number of fused-ring (bicyclic) bond motifs is 3. The van der Waals surface area contributed by atoms with Crippen LogP contribution >= 0.6 is 11.3 Å². The molecule has 2 aromatic heterocycles. The molecular formula is C21H25N3O4S. The zero-order valence-electron chi connectivity index (χ0n) is 17.2. The van der Waals surface area contributed by atoms with E-state index in [0.29, 0.717) is 17.1 Å². The summed E-state index contributed by atoms with van der Waals surface area (Å²) in [5.41, 5.74) is 0.968. The maximum Gasteiger partial charge on any atom is 0.407 e. The number of thiophene rings is 1. The van der Waals surface area contributed by atoms with Crippen LogP contribution in [0.1, 0.15) is 37.4 Å². The summed E-state index contributed by atoms with van der Waals surface area (Å²) in [5, 5.41) is 7.99. The van der Waals surface area contributed by atoms with E-state index in [1.807, 2.05) is 52.0 Å². The van der Waals surface area contributed by atoms with Crippen LogP contribution in [-0.4, -0.2) is 42.3 Å². The number of aromatic nitrogens is 1. The molecule has 0 aliphatic heterocycles. The molecule has 0 spiro atoms. The summed E-state index contributed by atoms with van der Waals surface area (Å²) in [4.78, 5) is 29.3. The summed E-state index contributed by atoms with van der Waals surface area (Å²) in [6, 6.07) is 7.51. The fraction of sp³-hybridized carbons (Fsp3) is 0.381. The van der Waals surface area contributed by atoms with Gasteiger partial charge >= 0.3 is 12.1 Å². The number of ether oxygens (including phenoxy) is 2. The molecular weight excluding hydrogens is 390 g/mol. The number of hydrogen-bond acceptors (Lipinski definition) is 7. The van der Waals surface area contributed by atoms with Crippen LogP contribution in [0.4, 0.5) is 10.5 Å². The predicted molar refractivity (Wildman–Crippen MR) is 116 cm³/mol. The normalized spacial score (nSPS) is 12.6. The maximum atomic E-state index is 12.4. The molecule has 2 N–H and O–H groups in total. The Bertz CT molecular complexity index is 1060. The summed E-state index contributed by atoms with van der Waals surface area (Å²) >= 11 is 1.37. The monoisotopic (exact) mass is 415 g/mol. The lowest BCUT2D eigenvalue weighted by molar-refractivity contribution is 0.0509. The van der Waals surface area contributed by atoms with Crippen molar-refractivity contribution in [1.29, 1.82) is 0 Å². The Labute approximate surface area is 173 Å². The fourth-order valence-electron chi connectivity index (χ4n) is 2.97. The molecule has 0 fully saturated rings. The standard InChI is InChI=1S/C21H25N3O4S/c1-12(24-20(26)28-21(2,3)4)11-23-17-16-13-7-6-10-22-14(13)8-9-15(16)29-18(17)19(25)27-5/h6-10,12,23H,11H2,1-5H3,(H,24,26). The van der Waals surface area contributed by atoms with Crippen LogP contribution in [0.5, 0.6) is 0 Å². The van der Waals surface area contributed by atoms with Crippen molar-refractivity contribution in [2.45, 2.75) is 39.3 Å². The third-order valence-corrected chi connectivity index (χ3v) is 5.29. The maximum absolute atomic E-state index is 12.4. The van der Waals surface area contributed by atoms with Crippen molar-refractivity contribution in [2.24, 2.45) is 0 Å². The van der Waals surface area contributed by atoms with E-state index in [9.17, 15) is 9.59 Å². The number of benzene rings is 1. The number of esters is 1. The number of alkyl carbamates (subject to hydrolysis) is 1. The number of pyridine rings is 1. The lowest BCUT2D eigenvalue weighted by Gasteiger charge is -2.22. The first-order chi connectivity index (χ1) is 13.7. The SMILES string of the molecule is COC(=O)c1sc2ccc3ncccc3c2c1NCC(C)NC(=O)OC(C)(C)C. The first-order valence-corrected chi connectivity index (χ1v) is 10.1. The number of nitrogens with zero attached hydrogens (tertiary/aromatic N) is 1. The van der Waals surface area contributed by atoms with Gasteiger partial charge in [-0.1, -0.05) is 6.07 Å². The molecule has 0 radical (unpaired) electrons. The van der Waals surface area contributed by atoms with Crippen LogP contribution in [0.2, 0.25) is 0 Å². The van der Waals surface area contributed by atoms with Crippen molar-refractivity contribution in [3.8, 4) is 0 Å². The number of anilines is 1. The van der Waals surface area contributed by atoms with Gasteiger partial charge in [-0.2, -0.15) is 0 Å². The highest BCUT2D eigenvalue weighted by Gasteiger charge is 2.22. The zero-order chi connectivity index (χ0) is 21.2. The number of nitrogens with one attached hydrogen (secondary N) is 2. The van der Waals surface area contributed by atoms with Gasteiger partial charge < -0.3 is 20.1 Å². The van der Waals surface area contributed by atoms with Gasteiger partial charge in [-0.15, -0.1) is 11.3 Å². The van der Waals surface area contributed by atoms with Crippen molar-refractivity contribution in [3.05, 3.63) is 35.3 Å².